The second kappa shape index (κ2) is 13.1. The SMILES string of the molecule is COC(=O)c1c(Cc2ccc(C(=O)NC3C4CC5C[C@@H]3CC(NC(=O)C(C)(C)OC(C)=O)(C5)C4)cc2)c(=O)c2cccnc2n1-c1ccccc1. The fourth-order valence-electron chi connectivity index (χ4n) is 8.99. The quantitative estimate of drug-likeness (QED) is 0.236. The molecule has 0 saturated heterocycles. The summed E-state index contributed by atoms with van der Waals surface area (Å²) in [4.78, 5) is 70.1. The first-order chi connectivity index (χ1) is 24.4. The molecule has 11 nitrogen and oxygen atoms in total. The highest BCUT2D eigenvalue weighted by atomic mass is 16.6. The first-order valence-electron chi connectivity index (χ1n) is 17.5. The number of benzene rings is 2. The van der Waals surface area contributed by atoms with Gasteiger partial charge in [-0.15, -0.1) is 0 Å². The van der Waals surface area contributed by atoms with Crippen LogP contribution in [-0.2, 0) is 25.5 Å². The third kappa shape index (κ3) is 6.41. The van der Waals surface area contributed by atoms with Crippen LogP contribution in [0, 0.1) is 17.8 Å². The van der Waals surface area contributed by atoms with Crippen molar-refractivity contribution in [2.75, 3.05) is 7.11 Å². The predicted octanol–water partition coefficient (Wildman–Crippen LogP) is 4.90. The van der Waals surface area contributed by atoms with Gasteiger partial charge < -0.3 is 20.1 Å². The maximum Gasteiger partial charge on any atom is 0.355 e. The van der Waals surface area contributed by atoms with Gasteiger partial charge in [0.15, 0.2) is 11.0 Å². The molecular formula is C40H42N4O7. The van der Waals surface area contributed by atoms with Crippen LogP contribution in [0.2, 0.25) is 0 Å². The Morgan fingerprint density at radius 2 is 1.63 bits per heavy atom. The molecule has 2 heterocycles. The van der Waals surface area contributed by atoms with Gasteiger partial charge in [0.25, 0.3) is 11.8 Å². The van der Waals surface area contributed by atoms with E-state index in [2.05, 4.69) is 15.6 Å². The highest BCUT2D eigenvalue weighted by Crippen LogP contribution is 2.56. The second-order valence-electron chi connectivity index (χ2n) is 14.9. The fraction of sp³-hybridized carbons (Fsp3) is 0.400. The number of carbonyl (C=O) groups is 4. The van der Waals surface area contributed by atoms with Crippen LogP contribution in [0.25, 0.3) is 16.7 Å². The number of esters is 2. The van der Waals surface area contributed by atoms with Crippen molar-refractivity contribution in [2.45, 2.75) is 76.5 Å². The van der Waals surface area contributed by atoms with Crippen molar-refractivity contribution in [1.82, 2.24) is 20.2 Å². The van der Waals surface area contributed by atoms with Gasteiger partial charge in [0, 0.05) is 47.9 Å². The van der Waals surface area contributed by atoms with Crippen LogP contribution in [0.5, 0.6) is 0 Å². The van der Waals surface area contributed by atoms with E-state index in [-0.39, 0.29) is 58.3 Å². The van der Waals surface area contributed by atoms with Crippen LogP contribution >= 0.6 is 0 Å². The maximum atomic E-state index is 13.9. The summed E-state index contributed by atoms with van der Waals surface area (Å²) in [6.45, 7) is 4.51. The molecule has 2 amide bonds. The average Bonchev–Trinajstić information content (AvgIpc) is 3.10. The summed E-state index contributed by atoms with van der Waals surface area (Å²) < 4.78 is 12.1. The zero-order chi connectivity index (χ0) is 36.1. The number of pyridine rings is 2. The lowest BCUT2D eigenvalue weighted by atomic mass is 9.51. The Kier molecular flexibility index (Phi) is 8.77. The number of hydrogen-bond acceptors (Lipinski definition) is 8. The molecule has 8 rings (SSSR count). The molecule has 2 N–H and O–H groups in total. The van der Waals surface area contributed by atoms with Crippen LogP contribution in [0.1, 0.15) is 84.8 Å². The highest BCUT2D eigenvalue weighted by molar-refractivity contribution is 5.95. The van der Waals surface area contributed by atoms with Gasteiger partial charge in [0.1, 0.15) is 11.3 Å². The predicted molar refractivity (Wildman–Crippen MR) is 189 cm³/mol. The molecule has 2 aromatic carbocycles. The highest BCUT2D eigenvalue weighted by Gasteiger charge is 2.57. The number of amides is 2. The number of para-hydroxylation sites is 1. The summed E-state index contributed by atoms with van der Waals surface area (Å²) in [6, 6.07) is 19.7. The van der Waals surface area contributed by atoms with Crippen molar-refractivity contribution in [3.8, 4) is 5.69 Å². The van der Waals surface area contributed by atoms with Gasteiger partial charge in [-0.3, -0.25) is 23.7 Å². The smallest absolute Gasteiger partial charge is 0.355 e. The van der Waals surface area contributed by atoms with Crippen molar-refractivity contribution in [1.29, 1.82) is 0 Å². The first kappa shape index (κ1) is 34.1. The Morgan fingerprint density at radius 1 is 0.941 bits per heavy atom. The van der Waals surface area contributed by atoms with Crippen molar-refractivity contribution < 1.29 is 28.7 Å². The van der Waals surface area contributed by atoms with Crippen molar-refractivity contribution in [2.24, 2.45) is 17.8 Å². The van der Waals surface area contributed by atoms with E-state index in [1.54, 1.807) is 48.9 Å². The van der Waals surface area contributed by atoms with Gasteiger partial charge in [-0.2, -0.15) is 0 Å². The molecule has 4 aliphatic carbocycles. The van der Waals surface area contributed by atoms with Crippen LogP contribution in [-0.4, -0.2) is 57.6 Å². The molecule has 0 aliphatic heterocycles. The summed E-state index contributed by atoms with van der Waals surface area (Å²) in [5.74, 6) is -0.700. The van der Waals surface area contributed by atoms with E-state index in [1.807, 2.05) is 42.5 Å². The molecule has 264 valence electrons. The Balaban J connectivity index is 1.10. The normalized spacial score (nSPS) is 23.5. The van der Waals surface area contributed by atoms with Crippen LogP contribution in [0.15, 0.2) is 77.7 Å². The number of fused-ring (bicyclic) bond motifs is 1. The topological polar surface area (TPSA) is 146 Å². The average molecular weight is 691 g/mol. The Morgan fingerprint density at radius 3 is 2.27 bits per heavy atom. The van der Waals surface area contributed by atoms with Gasteiger partial charge in [0.05, 0.1) is 12.5 Å². The van der Waals surface area contributed by atoms with Gasteiger partial charge in [-0.25, -0.2) is 9.78 Å². The summed E-state index contributed by atoms with van der Waals surface area (Å²) >= 11 is 0. The summed E-state index contributed by atoms with van der Waals surface area (Å²) in [7, 11) is 1.29. The minimum Gasteiger partial charge on any atom is -0.464 e. The Bertz CT molecular complexity index is 2070. The van der Waals surface area contributed by atoms with Crippen LogP contribution < -0.4 is 16.1 Å². The summed E-state index contributed by atoms with van der Waals surface area (Å²) in [5.41, 5.74) is 0.707. The molecule has 4 fully saturated rings. The van der Waals surface area contributed by atoms with E-state index in [0.29, 0.717) is 28.2 Å². The van der Waals surface area contributed by atoms with E-state index in [9.17, 15) is 24.0 Å². The second-order valence-corrected chi connectivity index (χ2v) is 14.9. The molecule has 5 atom stereocenters. The third-order valence-electron chi connectivity index (χ3n) is 10.9. The number of nitrogens with zero attached hydrogens (tertiary/aromatic N) is 2. The molecule has 4 saturated carbocycles. The standard InChI is InChI=1S/C40H42N4O7/c1-23(45)51-39(2,3)38(49)43-40-20-25-17-27(21-40)32(28(18-25)22-40)42-36(47)26-14-12-24(13-15-26)19-31-33(37(48)50-4)44(29-9-6-5-7-10-29)35-30(34(31)46)11-8-16-41-35/h5-16,25,27-28,32H,17-22H2,1-4H3,(H,42,47)(H,43,49)/t25?,27-,28?,32?,40?/m1/s1. The van der Waals surface area contributed by atoms with Crippen molar-refractivity contribution in [3.63, 3.8) is 0 Å². The fourth-order valence-corrected chi connectivity index (χ4v) is 8.99. The minimum atomic E-state index is -1.26. The molecular weight excluding hydrogens is 648 g/mol. The summed E-state index contributed by atoms with van der Waals surface area (Å²) in [5, 5.41) is 6.96. The number of rotatable bonds is 9. The number of methoxy groups -OCH3 is 1. The van der Waals surface area contributed by atoms with Crippen molar-refractivity contribution >= 4 is 34.8 Å². The molecule has 51 heavy (non-hydrogen) atoms. The molecule has 4 aliphatic rings. The Labute approximate surface area is 295 Å². The zero-order valence-electron chi connectivity index (χ0n) is 29.2. The van der Waals surface area contributed by atoms with E-state index in [0.717, 1.165) is 37.7 Å². The van der Waals surface area contributed by atoms with Gasteiger partial charge >= 0.3 is 11.9 Å². The number of carbonyl (C=O) groups excluding carboxylic acids is 4. The van der Waals surface area contributed by atoms with E-state index >= 15 is 0 Å². The lowest BCUT2D eigenvalue weighted by Crippen LogP contribution is -2.68. The monoisotopic (exact) mass is 690 g/mol. The van der Waals surface area contributed by atoms with Crippen LogP contribution in [0.4, 0.5) is 0 Å². The zero-order valence-corrected chi connectivity index (χ0v) is 29.2. The largest absolute Gasteiger partial charge is 0.464 e. The number of aromatic nitrogens is 2. The van der Waals surface area contributed by atoms with E-state index in [4.69, 9.17) is 9.47 Å². The van der Waals surface area contributed by atoms with E-state index in [1.165, 1.54) is 14.0 Å². The molecule has 0 radical (unpaired) electrons. The van der Waals surface area contributed by atoms with Gasteiger partial charge in [-0.1, -0.05) is 30.3 Å². The van der Waals surface area contributed by atoms with Crippen molar-refractivity contribution in [3.05, 3.63) is 106 Å². The number of nitrogens with one attached hydrogen (secondary N) is 2. The lowest BCUT2D eigenvalue weighted by molar-refractivity contribution is -0.165. The summed E-state index contributed by atoms with van der Waals surface area (Å²) in [6.07, 6.45) is 6.13. The van der Waals surface area contributed by atoms with E-state index < -0.39 is 17.5 Å². The maximum absolute atomic E-state index is 13.9. The number of hydrogen-bond donors (Lipinski definition) is 2. The molecule has 2 aromatic heterocycles. The molecule has 4 aromatic rings. The lowest BCUT2D eigenvalue weighted by Gasteiger charge is -2.60. The molecule has 11 heteroatoms. The van der Waals surface area contributed by atoms with Crippen LogP contribution in [0.3, 0.4) is 0 Å². The number of ether oxygens (including phenoxy) is 2. The third-order valence-corrected chi connectivity index (χ3v) is 10.9. The molecule has 4 unspecified atom stereocenters. The van der Waals surface area contributed by atoms with Gasteiger partial charge in [0.2, 0.25) is 0 Å². The molecule has 4 bridgehead atoms. The first-order valence-corrected chi connectivity index (χ1v) is 17.5. The van der Waals surface area contributed by atoms with Gasteiger partial charge in [-0.05, 0) is 106 Å². The molecule has 0 spiro atoms. The Hall–Kier alpha value is -5.32. The minimum absolute atomic E-state index is 0.00879.